The predicted octanol–water partition coefficient (Wildman–Crippen LogP) is 1.96. The maximum Gasteiger partial charge on any atom is 0.183 e. The summed E-state index contributed by atoms with van der Waals surface area (Å²) in [6, 6.07) is 15.5. The van der Waals surface area contributed by atoms with E-state index in [1.165, 1.54) is 0 Å². The van der Waals surface area contributed by atoms with Crippen molar-refractivity contribution in [2.45, 2.75) is 22.1 Å². The van der Waals surface area contributed by atoms with E-state index in [4.69, 9.17) is 10.5 Å². The van der Waals surface area contributed by atoms with Gasteiger partial charge in [0.2, 0.25) is 0 Å². The van der Waals surface area contributed by atoms with Crippen molar-refractivity contribution in [1.29, 1.82) is 0 Å². The molecule has 3 atom stereocenters. The standard InChI is InChI=1S/C16H17NO3S/c1-20-12-9-7-11(8-10-12)14-15(17)16(14)21(18,19)13-5-3-2-4-6-13/h2-10,14-16H,17H2,1H3/t14-,15+,16+/m0/s1. The largest absolute Gasteiger partial charge is 0.497 e. The summed E-state index contributed by atoms with van der Waals surface area (Å²) < 4.78 is 30.3. The molecule has 1 fully saturated rings. The van der Waals surface area contributed by atoms with Gasteiger partial charge in [-0.05, 0) is 29.8 Å². The van der Waals surface area contributed by atoms with Gasteiger partial charge in [-0.2, -0.15) is 0 Å². The van der Waals surface area contributed by atoms with Gasteiger partial charge in [0.25, 0.3) is 0 Å². The first-order chi connectivity index (χ1) is 10.1. The second-order valence-electron chi connectivity index (χ2n) is 5.20. The molecule has 0 bridgehead atoms. The number of methoxy groups -OCH3 is 1. The van der Waals surface area contributed by atoms with E-state index in [0.717, 1.165) is 11.3 Å². The Bertz CT molecular complexity index is 726. The fourth-order valence-corrected chi connectivity index (χ4v) is 4.78. The summed E-state index contributed by atoms with van der Waals surface area (Å²) >= 11 is 0. The maximum absolute atomic E-state index is 12.6. The summed E-state index contributed by atoms with van der Waals surface area (Å²) in [5, 5.41) is -0.548. The molecule has 0 aromatic heterocycles. The lowest BCUT2D eigenvalue weighted by Gasteiger charge is -2.04. The van der Waals surface area contributed by atoms with Crippen LogP contribution < -0.4 is 10.5 Å². The van der Waals surface area contributed by atoms with Crippen LogP contribution in [0.25, 0.3) is 0 Å². The molecule has 5 heteroatoms. The van der Waals surface area contributed by atoms with Gasteiger partial charge in [-0.3, -0.25) is 0 Å². The van der Waals surface area contributed by atoms with E-state index in [1.807, 2.05) is 24.3 Å². The number of hydrogen-bond donors (Lipinski definition) is 1. The van der Waals surface area contributed by atoms with Crippen LogP contribution in [-0.4, -0.2) is 26.8 Å². The quantitative estimate of drug-likeness (QED) is 0.937. The smallest absolute Gasteiger partial charge is 0.183 e. The predicted molar refractivity (Wildman–Crippen MR) is 81.1 cm³/mol. The Morgan fingerprint density at radius 1 is 1.00 bits per heavy atom. The summed E-state index contributed by atoms with van der Waals surface area (Å²) in [6.45, 7) is 0. The highest BCUT2D eigenvalue weighted by Crippen LogP contribution is 2.47. The third-order valence-electron chi connectivity index (χ3n) is 3.94. The summed E-state index contributed by atoms with van der Waals surface area (Å²) in [5.74, 6) is 0.594. The summed E-state index contributed by atoms with van der Waals surface area (Å²) in [7, 11) is -1.79. The van der Waals surface area contributed by atoms with E-state index in [9.17, 15) is 8.42 Å². The minimum atomic E-state index is -3.38. The third-order valence-corrected chi connectivity index (χ3v) is 6.19. The Kier molecular flexibility index (Phi) is 3.47. The normalized spacial score (nSPS) is 24.6. The second kappa shape index (κ2) is 5.16. The lowest BCUT2D eigenvalue weighted by Crippen LogP contribution is -2.15. The van der Waals surface area contributed by atoms with Crippen molar-refractivity contribution < 1.29 is 13.2 Å². The minimum absolute atomic E-state index is 0.152. The van der Waals surface area contributed by atoms with Gasteiger partial charge in [-0.1, -0.05) is 30.3 Å². The Labute approximate surface area is 124 Å². The third kappa shape index (κ3) is 2.43. The molecule has 0 radical (unpaired) electrons. The molecule has 2 aromatic carbocycles. The van der Waals surface area contributed by atoms with Crippen LogP contribution in [0.1, 0.15) is 11.5 Å². The van der Waals surface area contributed by atoms with Gasteiger partial charge >= 0.3 is 0 Å². The van der Waals surface area contributed by atoms with Crippen molar-refractivity contribution in [1.82, 2.24) is 0 Å². The monoisotopic (exact) mass is 303 g/mol. The first-order valence-corrected chi connectivity index (χ1v) is 8.29. The highest BCUT2D eigenvalue weighted by atomic mass is 32.2. The van der Waals surface area contributed by atoms with Gasteiger partial charge in [-0.15, -0.1) is 0 Å². The topological polar surface area (TPSA) is 69.4 Å². The number of rotatable bonds is 4. The van der Waals surface area contributed by atoms with Crippen LogP contribution in [0, 0.1) is 0 Å². The van der Waals surface area contributed by atoms with Gasteiger partial charge in [-0.25, -0.2) is 8.42 Å². The Morgan fingerprint density at radius 3 is 2.19 bits per heavy atom. The highest BCUT2D eigenvalue weighted by molar-refractivity contribution is 7.92. The van der Waals surface area contributed by atoms with Gasteiger partial charge in [0.15, 0.2) is 9.84 Å². The average molecular weight is 303 g/mol. The van der Waals surface area contributed by atoms with Crippen LogP contribution in [0.4, 0.5) is 0 Å². The second-order valence-corrected chi connectivity index (χ2v) is 7.30. The van der Waals surface area contributed by atoms with E-state index in [-0.39, 0.29) is 12.0 Å². The van der Waals surface area contributed by atoms with Crippen LogP contribution >= 0.6 is 0 Å². The Balaban J connectivity index is 1.88. The van der Waals surface area contributed by atoms with Crippen molar-refractivity contribution in [2.24, 2.45) is 5.73 Å². The van der Waals surface area contributed by atoms with Gasteiger partial charge in [0.1, 0.15) is 5.75 Å². The molecule has 4 nitrogen and oxygen atoms in total. The molecule has 2 aromatic rings. The first kappa shape index (κ1) is 14.1. The molecule has 1 saturated carbocycles. The fourth-order valence-electron chi connectivity index (χ4n) is 2.71. The van der Waals surface area contributed by atoms with E-state index in [2.05, 4.69) is 0 Å². The molecule has 3 rings (SSSR count). The Morgan fingerprint density at radius 2 is 1.62 bits per heavy atom. The Hall–Kier alpha value is -1.85. The summed E-state index contributed by atoms with van der Waals surface area (Å²) in [6.07, 6.45) is 0. The van der Waals surface area contributed by atoms with E-state index in [0.29, 0.717) is 4.90 Å². The highest BCUT2D eigenvalue weighted by Gasteiger charge is 2.57. The molecule has 0 saturated heterocycles. The summed E-state index contributed by atoms with van der Waals surface area (Å²) in [5.41, 5.74) is 6.96. The lowest BCUT2D eigenvalue weighted by atomic mass is 10.1. The molecule has 1 aliphatic carbocycles. The number of ether oxygens (including phenoxy) is 1. The van der Waals surface area contributed by atoms with Crippen molar-refractivity contribution in [3.63, 3.8) is 0 Å². The van der Waals surface area contributed by atoms with Gasteiger partial charge < -0.3 is 10.5 Å². The number of benzene rings is 2. The number of nitrogens with two attached hydrogens (primary N) is 1. The van der Waals surface area contributed by atoms with Crippen LogP contribution in [0.15, 0.2) is 59.5 Å². The summed E-state index contributed by atoms with van der Waals surface area (Å²) in [4.78, 5) is 0.335. The van der Waals surface area contributed by atoms with E-state index < -0.39 is 15.1 Å². The molecule has 21 heavy (non-hydrogen) atoms. The molecule has 110 valence electrons. The van der Waals surface area contributed by atoms with Crippen LogP contribution in [0.5, 0.6) is 5.75 Å². The van der Waals surface area contributed by atoms with Crippen LogP contribution in [-0.2, 0) is 9.84 Å². The molecule has 2 N–H and O–H groups in total. The SMILES string of the molecule is COc1ccc([C@H]2[C@@H](N)[C@@H]2S(=O)(=O)c2ccccc2)cc1. The van der Waals surface area contributed by atoms with Crippen LogP contribution in [0.2, 0.25) is 0 Å². The zero-order valence-corrected chi connectivity index (χ0v) is 12.5. The molecule has 0 spiro atoms. The molecule has 0 aliphatic heterocycles. The van der Waals surface area contributed by atoms with E-state index >= 15 is 0 Å². The maximum atomic E-state index is 12.6. The average Bonchev–Trinajstić information content (AvgIpc) is 3.20. The van der Waals surface area contributed by atoms with Crippen LogP contribution in [0.3, 0.4) is 0 Å². The van der Waals surface area contributed by atoms with Crippen molar-refractivity contribution in [3.8, 4) is 5.75 Å². The molecule has 0 heterocycles. The van der Waals surface area contributed by atoms with Crippen molar-refractivity contribution in [2.75, 3.05) is 7.11 Å². The van der Waals surface area contributed by atoms with Gasteiger partial charge in [0, 0.05) is 12.0 Å². The van der Waals surface area contributed by atoms with Gasteiger partial charge in [0.05, 0.1) is 17.3 Å². The zero-order valence-electron chi connectivity index (χ0n) is 11.6. The lowest BCUT2D eigenvalue weighted by molar-refractivity contribution is 0.414. The number of hydrogen-bond acceptors (Lipinski definition) is 4. The molecular formula is C16H17NO3S. The molecule has 0 amide bonds. The number of sulfone groups is 1. The fraction of sp³-hybridized carbons (Fsp3) is 0.250. The van der Waals surface area contributed by atoms with Crippen molar-refractivity contribution >= 4 is 9.84 Å². The van der Waals surface area contributed by atoms with E-state index in [1.54, 1.807) is 37.4 Å². The van der Waals surface area contributed by atoms with Crippen molar-refractivity contribution in [3.05, 3.63) is 60.2 Å². The molecule has 1 aliphatic rings. The first-order valence-electron chi connectivity index (χ1n) is 6.74. The molecular weight excluding hydrogens is 286 g/mol. The zero-order chi connectivity index (χ0) is 15.0. The minimum Gasteiger partial charge on any atom is -0.497 e. The molecule has 0 unspecified atom stereocenters.